The van der Waals surface area contributed by atoms with Crippen LogP contribution in [0, 0.1) is 11.6 Å². The summed E-state index contributed by atoms with van der Waals surface area (Å²) < 4.78 is 34.6. The molecule has 11 nitrogen and oxygen atoms in total. The van der Waals surface area contributed by atoms with Crippen LogP contribution in [0.15, 0.2) is 48.6 Å². The molecule has 276 valence electrons. The zero-order chi connectivity index (χ0) is 37.5. The average Bonchev–Trinajstić information content (AvgIpc) is 3.95. The maximum atomic E-state index is 14.8. The van der Waals surface area contributed by atoms with Crippen LogP contribution in [0.3, 0.4) is 0 Å². The topological polar surface area (TPSA) is 158 Å². The number of benzene rings is 2. The Balaban J connectivity index is 0.000000587. The van der Waals surface area contributed by atoms with E-state index < -0.39 is 29.5 Å². The summed E-state index contributed by atoms with van der Waals surface area (Å²) in [6.07, 6.45) is 6.82. The Morgan fingerprint density at radius 1 is 0.904 bits per heavy atom. The van der Waals surface area contributed by atoms with Gasteiger partial charge in [-0.1, -0.05) is 13.3 Å². The lowest BCUT2D eigenvalue weighted by atomic mass is 9.92. The second-order valence-electron chi connectivity index (χ2n) is 13.2. The quantitative estimate of drug-likeness (QED) is 0.181. The zero-order valence-electron chi connectivity index (χ0n) is 29.2. The van der Waals surface area contributed by atoms with Crippen LogP contribution >= 0.6 is 0 Å². The van der Waals surface area contributed by atoms with Crippen molar-refractivity contribution in [2.45, 2.75) is 77.3 Å². The summed E-state index contributed by atoms with van der Waals surface area (Å²) in [7, 11) is 0. The molecule has 0 radical (unpaired) electrons. The van der Waals surface area contributed by atoms with Crippen molar-refractivity contribution in [2.75, 3.05) is 26.2 Å². The third-order valence-corrected chi connectivity index (χ3v) is 9.51. The summed E-state index contributed by atoms with van der Waals surface area (Å²) in [6.45, 7) is 7.25. The summed E-state index contributed by atoms with van der Waals surface area (Å²) >= 11 is 0. The molecule has 0 atom stereocenters. The highest BCUT2D eigenvalue weighted by Crippen LogP contribution is 2.47. The van der Waals surface area contributed by atoms with Crippen molar-refractivity contribution in [3.05, 3.63) is 93.8 Å². The van der Waals surface area contributed by atoms with E-state index in [0.717, 1.165) is 68.0 Å². The number of rotatable bonds is 12. The van der Waals surface area contributed by atoms with Crippen LogP contribution in [0.2, 0.25) is 0 Å². The molecule has 3 aliphatic rings. The Kier molecular flexibility index (Phi) is 12.4. The van der Waals surface area contributed by atoms with E-state index in [9.17, 15) is 33.1 Å². The minimum atomic E-state index is -1.26. The number of piperidine rings is 1. The van der Waals surface area contributed by atoms with Gasteiger partial charge in [0.05, 0.1) is 29.1 Å². The molecule has 1 aliphatic carbocycles. The monoisotopic (exact) mass is 719 g/mol. The smallest absolute Gasteiger partial charge is 0.337 e. The number of amides is 1. The summed E-state index contributed by atoms with van der Waals surface area (Å²) in [4.78, 5) is 53.5. The van der Waals surface area contributed by atoms with E-state index >= 15 is 0 Å². The molecule has 2 fully saturated rings. The van der Waals surface area contributed by atoms with Gasteiger partial charge in [0.25, 0.3) is 5.91 Å². The molecule has 1 amide bonds. The van der Waals surface area contributed by atoms with E-state index in [0.29, 0.717) is 78.9 Å². The third kappa shape index (κ3) is 9.19. The second-order valence-corrected chi connectivity index (χ2v) is 13.2. The fourth-order valence-corrected chi connectivity index (χ4v) is 6.92. The normalized spacial score (nSPS) is 16.3. The molecular formula is C39H43F2N3O8. The zero-order valence-corrected chi connectivity index (χ0v) is 29.2. The number of aliphatic carboxylic acids is 2. The van der Waals surface area contributed by atoms with Crippen LogP contribution in [0.4, 0.5) is 8.78 Å². The van der Waals surface area contributed by atoms with E-state index in [2.05, 4.69) is 16.0 Å². The molecule has 1 aromatic heterocycles. The highest BCUT2D eigenvalue weighted by atomic mass is 19.1. The van der Waals surface area contributed by atoms with E-state index in [4.69, 9.17) is 14.9 Å². The molecule has 3 aromatic rings. The van der Waals surface area contributed by atoms with Gasteiger partial charge in [0.2, 0.25) is 0 Å². The molecule has 2 aromatic carbocycles. The van der Waals surface area contributed by atoms with Crippen molar-refractivity contribution >= 4 is 23.8 Å². The van der Waals surface area contributed by atoms with Crippen molar-refractivity contribution in [1.29, 1.82) is 0 Å². The maximum Gasteiger partial charge on any atom is 0.337 e. The number of nitrogens with zero attached hydrogens (tertiary/aromatic N) is 3. The van der Waals surface area contributed by atoms with Gasteiger partial charge < -0.3 is 25.0 Å². The van der Waals surface area contributed by atoms with Gasteiger partial charge in [0.15, 0.2) is 0 Å². The fraction of sp³-hybridized carbons (Fsp3) is 0.410. The van der Waals surface area contributed by atoms with E-state index in [1.807, 2.05) is 24.8 Å². The average molecular weight is 720 g/mol. The number of halogens is 2. The minimum absolute atomic E-state index is 0.0766. The van der Waals surface area contributed by atoms with Gasteiger partial charge in [-0.2, -0.15) is 0 Å². The Labute approximate surface area is 300 Å². The molecule has 1 saturated heterocycles. The number of carbonyl (C=O) groups excluding carboxylic acids is 1. The lowest BCUT2D eigenvalue weighted by Gasteiger charge is -2.40. The van der Waals surface area contributed by atoms with Crippen LogP contribution < -0.4 is 4.74 Å². The number of likely N-dealkylation sites (tertiary alicyclic amines) is 1. The largest absolute Gasteiger partial charge is 0.494 e. The van der Waals surface area contributed by atoms with Gasteiger partial charge in [0, 0.05) is 68.0 Å². The molecule has 13 heteroatoms. The molecular weight excluding hydrogens is 676 g/mol. The Morgan fingerprint density at radius 2 is 1.60 bits per heavy atom. The van der Waals surface area contributed by atoms with Crippen molar-refractivity contribution in [2.24, 2.45) is 0 Å². The molecule has 0 bridgehead atoms. The molecule has 3 N–H and O–H groups in total. The summed E-state index contributed by atoms with van der Waals surface area (Å²) in [5.74, 6) is -3.78. The number of carbonyl (C=O) groups is 4. The van der Waals surface area contributed by atoms with Crippen molar-refractivity contribution in [1.82, 2.24) is 14.8 Å². The van der Waals surface area contributed by atoms with E-state index in [-0.39, 0.29) is 17.5 Å². The predicted octanol–water partition coefficient (Wildman–Crippen LogP) is 6.33. The van der Waals surface area contributed by atoms with Crippen molar-refractivity contribution in [3.8, 4) is 16.9 Å². The summed E-state index contributed by atoms with van der Waals surface area (Å²) in [6, 6.07) is 9.42. The number of aromatic nitrogens is 1. The number of carboxylic acids is 3. The number of fused-ring (bicyclic) bond motifs is 1. The number of aryl methyl sites for hydroxylation is 1. The van der Waals surface area contributed by atoms with Crippen LogP contribution in [0.25, 0.3) is 11.1 Å². The van der Waals surface area contributed by atoms with Crippen molar-refractivity contribution < 1.29 is 48.0 Å². The van der Waals surface area contributed by atoms with Gasteiger partial charge >= 0.3 is 17.9 Å². The summed E-state index contributed by atoms with van der Waals surface area (Å²) in [5, 5.41) is 25.4. The SMILES string of the molecule is CCCc1nc2c(cc1C(=O)O)C(=O)N(C1CCN(Cc3cc(C4CC4)c(-c4ccc(F)cc4F)cc3OCC)CC1)CC2.O=C(O)/C=C/C(=O)O. The minimum Gasteiger partial charge on any atom is -0.494 e. The Hall–Kier alpha value is -5.17. The third-order valence-electron chi connectivity index (χ3n) is 9.51. The lowest BCUT2D eigenvalue weighted by Crippen LogP contribution is -2.50. The van der Waals surface area contributed by atoms with E-state index in [1.165, 1.54) is 18.2 Å². The molecule has 1 saturated carbocycles. The molecule has 0 unspecified atom stereocenters. The number of carboxylic acid groups (broad SMARTS) is 3. The molecule has 0 spiro atoms. The first-order chi connectivity index (χ1) is 24.9. The number of aromatic carboxylic acids is 1. The highest BCUT2D eigenvalue weighted by molar-refractivity contribution is 5.99. The summed E-state index contributed by atoms with van der Waals surface area (Å²) in [5.41, 5.74) is 5.09. The number of hydrogen-bond acceptors (Lipinski definition) is 7. The van der Waals surface area contributed by atoms with Crippen LogP contribution in [-0.4, -0.2) is 86.2 Å². The first-order valence-corrected chi connectivity index (χ1v) is 17.6. The van der Waals surface area contributed by atoms with Gasteiger partial charge in [-0.25, -0.2) is 23.2 Å². The van der Waals surface area contributed by atoms with Crippen LogP contribution in [0.5, 0.6) is 5.75 Å². The molecule has 6 rings (SSSR count). The lowest BCUT2D eigenvalue weighted by molar-refractivity contribution is -0.134. The van der Waals surface area contributed by atoms with Crippen LogP contribution in [0.1, 0.15) is 95.1 Å². The Morgan fingerprint density at radius 3 is 2.17 bits per heavy atom. The predicted molar refractivity (Wildman–Crippen MR) is 188 cm³/mol. The fourth-order valence-electron chi connectivity index (χ4n) is 6.92. The van der Waals surface area contributed by atoms with Gasteiger partial charge in [-0.3, -0.25) is 14.7 Å². The first-order valence-electron chi connectivity index (χ1n) is 17.6. The van der Waals surface area contributed by atoms with Crippen LogP contribution in [-0.2, 0) is 29.0 Å². The number of ether oxygens (including phenoxy) is 1. The molecule has 2 aliphatic heterocycles. The molecule has 52 heavy (non-hydrogen) atoms. The van der Waals surface area contributed by atoms with Crippen molar-refractivity contribution in [3.63, 3.8) is 0 Å². The maximum absolute atomic E-state index is 14.8. The van der Waals surface area contributed by atoms with E-state index in [1.54, 1.807) is 0 Å². The molecule has 3 heterocycles. The standard InChI is InChI=1S/C35H39F2N3O4.C4H4O4/c1-3-5-31-29(35(42)43)18-28-32(38-31)12-15-40(34(28)41)24-10-13-39(14-11-24)20-22-16-26(21-6-7-21)27(19-33(22)44-4-2)25-9-8-23(36)17-30(25)37;5-3(6)1-2-4(7)8/h8-9,16-19,21,24H,3-7,10-15,20H2,1-2H3,(H,42,43);1-2H,(H,5,6)(H,7,8)/b;2-1+. The highest BCUT2D eigenvalue weighted by Gasteiger charge is 2.35. The van der Waals surface area contributed by atoms with Gasteiger partial charge in [0.1, 0.15) is 17.4 Å². The van der Waals surface area contributed by atoms with Gasteiger partial charge in [-0.05, 0) is 86.4 Å². The Bertz CT molecular complexity index is 1850. The number of pyridine rings is 1. The first kappa shape index (κ1) is 38.1. The second kappa shape index (κ2) is 16.9. The number of hydrogen-bond donors (Lipinski definition) is 3. The van der Waals surface area contributed by atoms with Gasteiger partial charge in [-0.15, -0.1) is 0 Å².